The van der Waals surface area contributed by atoms with Crippen LogP contribution in [0.1, 0.15) is 17.3 Å². The second-order valence-corrected chi connectivity index (χ2v) is 6.30. The van der Waals surface area contributed by atoms with E-state index in [9.17, 15) is 4.79 Å². The summed E-state index contributed by atoms with van der Waals surface area (Å²) in [6, 6.07) is 14.9. The summed E-state index contributed by atoms with van der Waals surface area (Å²) >= 11 is 0. The molecule has 144 valence electrons. The number of hydrogen-bond acceptors (Lipinski definition) is 6. The number of hydrogen-bond donors (Lipinski definition) is 3. The van der Waals surface area contributed by atoms with Gasteiger partial charge >= 0.3 is 0 Å². The van der Waals surface area contributed by atoms with Gasteiger partial charge in [-0.25, -0.2) is 4.98 Å². The van der Waals surface area contributed by atoms with Crippen LogP contribution in [-0.4, -0.2) is 35.6 Å². The van der Waals surface area contributed by atoms with Crippen molar-refractivity contribution in [3.05, 3.63) is 72.7 Å². The molecule has 1 unspecified atom stereocenters. The molecule has 2 aromatic carbocycles. The third-order valence-electron chi connectivity index (χ3n) is 3.95. The number of nitrogens with one attached hydrogen (secondary N) is 3. The summed E-state index contributed by atoms with van der Waals surface area (Å²) in [4.78, 5) is 21.0. The molecular weight excluding hydrogens is 354 g/mol. The Morgan fingerprint density at radius 2 is 1.93 bits per heavy atom. The largest absolute Gasteiger partial charge is 0.383 e. The number of rotatable bonds is 8. The number of anilines is 4. The van der Waals surface area contributed by atoms with E-state index in [1.165, 1.54) is 0 Å². The van der Waals surface area contributed by atoms with Gasteiger partial charge in [0.05, 0.1) is 24.2 Å². The van der Waals surface area contributed by atoms with Crippen LogP contribution in [0.5, 0.6) is 0 Å². The molecule has 7 nitrogen and oxygen atoms in total. The summed E-state index contributed by atoms with van der Waals surface area (Å²) in [5.74, 6) is 0.415. The number of aromatic nitrogens is 2. The molecule has 0 aliphatic rings. The summed E-state index contributed by atoms with van der Waals surface area (Å²) in [5, 5.41) is 9.45. The molecule has 1 atom stereocenters. The standard InChI is InChI=1S/C21H23N5O2/c1-15(14-28-2)24-18-8-3-4-9-19(18)26-21(27)16-6-5-7-17(12-16)25-20-13-22-10-11-23-20/h3-13,15,24H,14H2,1-2H3,(H,23,25)(H,26,27). The van der Waals surface area contributed by atoms with Gasteiger partial charge in [0.15, 0.2) is 0 Å². The monoisotopic (exact) mass is 377 g/mol. The molecule has 3 N–H and O–H groups in total. The molecule has 7 heteroatoms. The van der Waals surface area contributed by atoms with Crippen molar-refractivity contribution >= 4 is 28.8 Å². The average molecular weight is 377 g/mol. The number of benzene rings is 2. The van der Waals surface area contributed by atoms with Crippen LogP contribution in [0.3, 0.4) is 0 Å². The molecule has 0 saturated heterocycles. The Kier molecular flexibility index (Phi) is 6.54. The second kappa shape index (κ2) is 9.48. The molecule has 3 aromatic rings. The number of methoxy groups -OCH3 is 1. The quantitative estimate of drug-likeness (QED) is 0.551. The molecule has 1 heterocycles. The maximum atomic E-state index is 12.8. The Hall–Kier alpha value is -3.45. The molecule has 28 heavy (non-hydrogen) atoms. The summed E-state index contributed by atoms with van der Waals surface area (Å²) in [6.45, 7) is 2.59. The zero-order chi connectivity index (χ0) is 19.8. The van der Waals surface area contributed by atoms with Gasteiger partial charge in [0.1, 0.15) is 5.82 Å². The number of para-hydroxylation sites is 2. The van der Waals surface area contributed by atoms with E-state index in [0.717, 1.165) is 11.4 Å². The number of amides is 1. The summed E-state index contributed by atoms with van der Waals surface area (Å²) < 4.78 is 5.16. The van der Waals surface area contributed by atoms with Crippen LogP contribution in [-0.2, 0) is 4.74 Å². The van der Waals surface area contributed by atoms with E-state index in [1.54, 1.807) is 37.8 Å². The van der Waals surface area contributed by atoms with Gasteiger partial charge in [0.2, 0.25) is 0 Å². The zero-order valence-electron chi connectivity index (χ0n) is 15.8. The fourth-order valence-corrected chi connectivity index (χ4v) is 2.72. The molecule has 1 amide bonds. The van der Waals surface area contributed by atoms with Gasteiger partial charge in [0.25, 0.3) is 5.91 Å². The normalized spacial score (nSPS) is 11.5. The predicted molar refractivity (Wildman–Crippen MR) is 111 cm³/mol. The van der Waals surface area contributed by atoms with Gasteiger partial charge in [0, 0.05) is 36.8 Å². The number of ether oxygens (including phenoxy) is 1. The SMILES string of the molecule is COCC(C)Nc1ccccc1NC(=O)c1cccc(Nc2cnccn2)c1. The van der Waals surface area contributed by atoms with E-state index >= 15 is 0 Å². The molecule has 0 aliphatic carbocycles. The number of carbonyl (C=O) groups excluding carboxylic acids is 1. The van der Waals surface area contributed by atoms with Gasteiger partial charge in [-0.05, 0) is 37.3 Å². The first kappa shape index (κ1) is 19.3. The van der Waals surface area contributed by atoms with E-state index in [-0.39, 0.29) is 11.9 Å². The Labute approximate surface area is 164 Å². The topological polar surface area (TPSA) is 88.2 Å². The van der Waals surface area contributed by atoms with Crippen LogP contribution >= 0.6 is 0 Å². The van der Waals surface area contributed by atoms with Crippen LogP contribution in [0.15, 0.2) is 67.1 Å². The summed E-state index contributed by atoms with van der Waals surface area (Å²) in [5.41, 5.74) is 2.85. The molecule has 0 bridgehead atoms. The van der Waals surface area contributed by atoms with Gasteiger partial charge in [-0.3, -0.25) is 9.78 Å². The Morgan fingerprint density at radius 3 is 2.68 bits per heavy atom. The third kappa shape index (κ3) is 5.28. The highest BCUT2D eigenvalue weighted by atomic mass is 16.5. The number of carbonyl (C=O) groups is 1. The second-order valence-electron chi connectivity index (χ2n) is 6.30. The molecule has 0 spiro atoms. The molecule has 1 aromatic heterocycles. The van der Waals surface area contributed by atoms with E-state index in [0.29, 0.717) is 23.7 Å². The Morgan fingerprint density at radius 1 is 1.11 bits per heavy atom. The van der Waals surface area contributed by atoms with Crippen molar-refractivity contribution in [1.29, 1.82) is 0 Å². The summed E-state index contributed by atoms with van der Waals surface area (Å²) in [7, 11) is 1.66. The van der Waals surface area contributed by atoms with E-state index in [2.05, 4.69) is 25.9 Å². The van der Waals surface area contributed by atoms with Crippen molar-refractivity contribution < 1.29 is 9.53 Å². The van der Waals surface area contributed by atoms with Crippen molar-refractivity contribution in [3.8, 4) is 0 Å². The Balaban J connectivity index is 1.72. The average Bonchev–Trinajstić information content (AvgIpc) is 2.70. The third-order valence-corrected chi connectivity index (χ3v) is 3.95. The van der Waals surface area contributed by atoms with Crippen LogP contribution in [0.4, 0.5) is 22.9 Å². The van der Waals surface area contributed by atoms with Gasteiger partial charge in [-0.1, -0.05) is 18.2 Å². The van der Waals surface area contributed by atoms with Crippen molar-refractivity contribution in [2.75, 3.05) is 29.7 Å². The maximum Gasteiger partial charge on any atom is 0.255 e. The van der Waals surface area contributed by atoms with Gasteiger partial charge in [-0.2, -0.15) is 0 Å². The highest BCUT2D eigenvalue weighted by Gasteiger charge is 2.11. The fourth-order valence-electron chi connectivity index (χ4n) is 2.72. The Bertz CT molecular complexity index is 917. The van der Waals surface area contributed by atoms with Crippen LogP contribution < -0.4 is 16.0 Å². The first-order valence-corrected chi connectivity index (χ1v) is 8.94. The fraction of sp³-hybridized carbons (Fsp3) is 0.190. The van der Waals surface area contributed by atoms with Crippen LogP contribution in [0.2, 0.25) is 0 Å². The van der Waals surface area contributed by atoms with Crippen molar-refractivity contribution in [2.24, 2.45) is 0 Å². The summed E-state index contributed by atoms with van der Waals surface area (Å²) in [6.07, 6.45) is 4.83. The molecule has 0 radical (unpaired) electrons. The molecule has 0 fully saturated rings. The van der Waals surface area contributed by atoms with Crippen molar-refractivity contribution in [3.63, 3.8) is 0 Å². The van der Waals surface area contributed by atoms with Gasteiger partial charge in [-0.15, -0.1) is 0 Å². The van der Waals surface area contributed by atoms with E-state index in [1.807, 2.05) is 43.3 Å². The lowest BCUT2D eigenvalue weighted by Gasteiger charge is -2.18. The maximum absolute atomic E-state index is 12.8. The lowest BCUT2D eigenvalue weighted by Crippen LogP contribution is -2.22. The molecular formula is C21H23N5O2. The van der Waals surface area contributed by atoms with E-state index < -0.39 is 0 Å². The predicted octanol–water partition coefficient (Wildman–Crippen LogP) is 3.92. The minimum absolute atomic E-state index is 0.113. The highest BCUT2D eigenvalue weighted by Crippen LogP contribution is 2.23. The van der Waals surface area contributed by atoms with Crippen LogP contribution in [0, 0.1) is 0 Å². The molecule has 3 rings (SSSR count). The van der Waals surface area contributed by atoms with Gasteiger partial charge < -0.3 is 20.7 Å². The molecule has 0 aliphatic heterocycles. The van der Waals surface area contributed by atoms with E-state index in [4.69, 9.17) is 4.74 Å². The lowest BCUT2D eigenvalue weighted by atomic mass is 10.1. The zero-order valence-corrected chi connectivity index (χ0v) is 15.8. The van der Waals surface area contributed by atoms with Crippen molar-refractivity contribution in [2.45, 2.75) is 13.0 Å². The minimum atomic E-state index is -0.198. The van der Waals surface area contributed by atoms with Crippen LogP contribution in [0.25, 0.3) is 0 Å². The highest BCUT2D eigenvalue weighted by molar-refractivity contribution is 6.06. The first-order chi connectivity index (χ1) is 13.7. The number of nitrogens with zero attached hydrogens (tertiary/aromatic N) is 2. The minimum Gasteiger partial charge on any atom is -0.383 e. The lowest BCUT2D eigenvalue weighted by molar-refractivity contribution is 0.102. The smallest absolute Gasteiger partial charge is 0.255 e. The first-order valence-electron chi connectivity index (χ1n) is 8.94. The molecule has 0 saturated carbocycles. The van der Waals surface area contributed by atoms with Crippen molar-refractivity contribution in [1.82, 2.24) is 9.97 Å².